The zero-order valence-corrected chi connectivity index (χ0v) is 13.7. The second kappa shape index (κ2) is 6.25. The molecule has 1 aliphatic rings. The molecule has 0 unspecified atom stereocenters. The van der Waals surface area contributed by atoms with E-state index in [-0.39, 0.29) is 17.9 Å². The molecule has 1 aliphatic heterocycles. The number of hydrogen-bond donors (Lipinski definition) is 0. The van der Waals surface area contributed by atoms with Crippen LogP contribution >= 0.6 is 0 Å². The normalized spacial score (nSPS) is 16.0. The summed E-state index contributed by atoms with van der Waals surface area (Å²) in [4.78, 5) is 20.8. The molecule has 0 atom stereocenters. The fourth-order valence-corrected chi connectivity index (χ4v) is 3.76. The van der Waals surface area contributed by atoms with Crippen LogP contribution in [0.3, 0.4) is 0 Å². The van der Waals surface area contributed by atoms with Gasteiger partial charge in [-0.25, -0.2) is 18.4 Å². The van der Waals surface area contributed by atoms with Gasteiger partial charge in [0.25, 0.3) is 5.56 Å². The van der Waals surface area contributed by atoms with Gasteiger partial charge in [-0.15, -0.1) is 0 Å². The zero-order chi connectivity index (χ0) is 16.4. The monoisotopic (exact) mass is 337 g/mol. The standard InChI is InChI=1S/C14H19N5O3S/c1-2-23(21,22)18-5-3-6-19-13(10-18)16-12(8-14(19)20)9-17-7-4-15-11-17/h4,7-8,11H,2-3,5-6,9-10H2,1H3. The lowest BCUT2D eigenvalue weighted by atomic mass is 10.3. The Balaban J connectivity index is 1.96. The highest BCUT2D eigenvalue weighted by Gasteiger charge is 2.25. The minimum absolute atomic E-state index is 0.0476. The lowest BCUT2D eigenvalue weighted by Crippen LogP contribution is -2.33. The molecule has 3 heterocycles. The summed E-state index contributed by atoms with van der Waals surface area (Å²) < 4.78 is 29.1. The van der Waals surface area contributed by atoms with Gasteiger partial charge >= 0.3 is 0 Å². The number of imidazole rings is 1. The van der Waals surface area contributed by atoms with Gasteiger partial charge in [-0.2, -0.15) is 4.31 Å². The van der Waals surface area contributed by atoms with Crippen molar-refractivity contribution in [3.8, 4) is 0 Å². The number of fused-ring (bicyclic) bond motifs is 1. The van der Waals surface area contributed by atoms with E-state index in [1.54, 1.807) is 30.2 Å². The molecule has 8 nitrogen and oxygen atoms in total. The van der Waals surface area contributed by atoms with Crippen LogP contribution in [0.15, 0.2) is 29.6 Å². The third kappa shape index (κ3) is 3.35. The first-order chi connectivity index (χ1) is 11.0. The van der Waals surface area contributed by atoms with E-state index in [0.717, 1.165) is 0 Å². The van der Waals surface area contributed by atoms with E-state index >= 15 is 0 Å². The van der Waals surface area contributed by atoms with E-state index in [9.17, 15) is 13.2 Å². The van der Waals surface area contributed by atoms with E-state index in [2.05, 4.69) is 9.97 Å². The van der Waals surface area contributed by atoms with Crippen molar-refractivity contribution in [3.63, 3.8) is 0 Å². The first kappa shape index (κ1) is 15.9. The van der Waals surface area contributed by atoms with Crippen LogP contribution in [0.25, 0.3) is 0 Å². The highest BCUT2D eigenvalue weighted by atomic mass is 32.2. The van der Waals surface area contributed by atoms with Crippen LogP contribution in [0, 0.1) is 0 Å². The number of nitrogens with zero attached hydrogens (tertiary/aromatic N) is 5. The van der Waals surface area contributed by atoms with Gasteiger partial charge in [-0.05, 0) is 13.3 Å². The molecule has 0 bridgehead atoms. The molecule has 9 heteroatoms. The number of hydrogen-bond acceptors (Lipinski definition) is 5. The van der Waals surface area contributed by atoms with E-state index in [4.69, 9.17) is 0 Å². The molecule has 0 aliphatic carbocycles. The summed E-state index contributed by atoms with van der Waals surface area (Å²) in [7, 11) is -3.30. The highest BCUT2D eigenvalue weighted by molar-refractivity contribution is 7.89. The Bertz CT molecular complexity index is 842. The summed E-state index contributed by atoms with van der Waals surface area (Å²) in [5, 5.41) is 0. The molecule has 0 spiro atoms. The zero-order valence-electron chi connectivity index (χ0n) is 12.9. The second-order valence-electron chi connectivity index (χ2n) is 5.48. The maximum Gasteiger partial charge on any atom is 0.253 e. The third-order valence-electron chi connectivity index (χ3n) is 3.91. The Morgan fingerprint density at radius 2 is 2.13 bits per heavy atom. The fraction of sp³-hybridized carbons (Fsp3) is 0.500. The molecule has 2 aromatic heterocycles. The number of sulfonamides is 1. The van der Waals surface area contributed by atoms with Gasteiger partial charge in [-0.1, -0.05) is 0 Å². The number of aromatic nitrogens is 4. The van der Waals surface area contributed by atoms with Gasteiger partial charge in [0.15, 0.2) is 0 Å². The summed E-state index contributed by atoms with van der Waals surface area (Å²) in [5.41, 5.74) is 0.468. The molecule has 0 fully saturated rings. The maximum atomic E-state index is 12.3. The first-order valence-corrected chi connectivity index (χ1v) is 9.13. The molecular weight excluding hydrogens is 318 g/mol. The lowest BCUT2D eigenvalue weighted by Gasteiger charge is -2.18. The molecule has 124 valence electrons. The van der Waals surface area contributed by atoms with Crippen molar-refractivity contribution in [1.29, 1.82) is 0 Å². The van der Waals surface area contributed by atoms with Crippen LogP contribution in [0.5, 0.6) is 0 Å². The Morgan fingerprint density at radius 3 is 2.83 bits per heavy atom. The molecule has 3 rings (SSSR count). The first-order valence-electron chi connectivity index (χ1n) is 7.53. The van der Waals surface area contributed by atoms with Crippen LogP contribution in [0.1, 0.15) is 24.9 Å². The van der Waals surface area contributed by atoms with Gasteiger partial charge in [-0.3, -0.25) is 9.36 Å². The molecule has 0 aromatic carbocycles. The number of rotatable bonds is 4. The smallest absolute Gasteiger partial charge is 0.253 e. The molecule has 0 N–H and O–H groups in total. The molecular formula is C14H19N5O3S. The molecule has 23 heavy (non-hydrogen) atoms. The van der Waals surface area contributed by atoms with Crippen LogP contribution in [-0.2, 0) is 29.7 Å². The SMILES string of the molecule is CCS(=O)(=O)N1CCCn2c(nc(Cn3ccnc3)cc2=O)C1. The van der Waals surface area contributed by atoms with E-state index in [0.29, 0.717) is 37.6 Å². The maximum absolute atomic E-state index is 12.3. The van der Waals surface area contributed by atoms with Gasteiger partial charge in [0.1, 0.15) is 5.82 Å². The van der Waals surface area contributed by atoms with Crippen LogP contribution < -0.4 is 5.56 Å². The predicted octanol–water partition coefficient (Wildman–Crippen LogP) is 0.0435. The quantitative estimate of drug-likeness (QED) is 0.786. The van der Waals surface area contributed by atoms with E-state index in [1.807, 2.05) is 4.57 Å². The largest absolute Gasteiger partial charge is 0.331 e. The molecule has 0 saturated heterocycles. The lowest BCUT2D eigenvalue weighted by molar-refractivity contribution is 0.407. The van der Waals surface area contributed by atoms with Crippen molar-refractivity contribution in [1.82, 2.24) is 23.4 Å². The average Bonchev–Trinajstić information content (AvgIpc) is 2.91. The molecule has 0 saturated carbocycles. The Labute approximate surface area is 134 Å². The van der Waals surface area contributed by atoms with E-state index < -0.39 is 10.0 Å². The Morgan fingerprint density at radius 1 is 1.30 bits per heavy atom. The topological polar surface area (TPSA) is 90.1 Å². The van der Waals surface area contributed by atoms with Crippen molar-refractivity contribution in [2.24, 2.45) is 0 Å². The minimum Gasteiger partial charge on any atom is -0.331 e. The molecule has 2 aromatic rings. The fourth-order valence-electron chi connectivity index (χ4n) is 2.68. The van der Waals surface area contributed by atoms with Crippen LogP contribution in [0.4, 0.5) is 0 Å². The summed E-state index contributed by atoms with van der Waals surface area (Å²) >= 11 is 0. The predicted molar refractivity (Wildman–Crippen MR) is 84.3 cm³/mol. The van der Waals surface area contributed by atoms with Crippen molar-refractivity contribution in [2.45, 2.75) is 33.0 Å². The van der Waals surface area contributed by atoms with Crippen LogP contribution in [-0.4, -0.2) is 44.1 Å². The summed E-state index contributed by atoms with van der Waals surface area (Å²) in [6, 6.07) is 1.51. The van der Waals surface area contributed by atoms with Crippen molar-refractivity contribution < 1.29 is 8.42 Å². The average molecular weight is 337 g/mol. The van der Waals surface area contributed by atoms with Crippen molar-refractivity contribution in [3.05, 3.63) is 46.7 Å². The molecule has 0 radical (unpaired) electrons. The highest BCUT2D eigenvalue weighted by Crippen LogP contribution is 2.13. The van der Waals surface area contributed by atoms with Crippen molar-refractivity contribution in [2.75, 3.05) is 12.3 Å². The third-order valence-corrected chi connectivity index (χ3v) is 5.74. The van der Waals surface area contributed by atoms with Crippen molar-refractivity contribution >= 4 is 10.0 Å². The van der Waals surface area contributed by atoms with Crippen LogP contribution in [0.2, 0.25) is 0 Å². The second-order valence-corrected chi connectivity index (χ2v) is 7.73. The summed E-state index contributed by atoms with van der Waals surface area (Å²) in [6.07, 6.45) is 5.71. The Hall–Kier alpha value is -2.00. The minimum atomic E-state index is -3.30. The van der Waals surface area contributed by atoms with Gasteiger partial charge in [0.05, 0.1) is 30.9 Å². The Kier molecular flexibility index (Phi) is 4.31. The summed E-state index contributed by atoms with van der Waals surface area (Å²) in [5.74, 6) is 0.550. The summed E-state index contributed by atoms with van der Waals surface area (Å²) in [6.45, 7) is 3.10. The van der Waals surface area contributed by atoms with E-state index in [1.165, 1.54) is 10.4 Å². The van der Waals surface area contributed by atoms with Gasteiger partial charge in [0.2, 0.25) is 10.0 Å². The van der Waals surface area contributed by atoms with Gasteiger partial charge in [0, 0.05) is 31.5 Å². The molecule has 0 amide bonds. The van der Waals surface area contributed by atoms with Gasteiger partial charge < -0.3 is 4.57 Å².